The van der Waals surface area contributed by atoms with E-state index in [4.69, 9.17) is 0 Å². The van der Waals surface area contributed by atoms with Crippen LogP contribution in [0.5, 0.6) is 0 Å². The van der Waals surface area contributed by atoms with Crippen LogP contribution in [0, 0.1) is 0 Å². The number of nitrogens with one attached hydrogen (secondary N) is 3. The lowest BCUT2D eigenvalue weighted by Crippen LogP contribution is -2.39. The number of hydrogen-bond donors (Lipinski definition) is 3. The molecular weight excluding hydrogens is 368 g/mol. The zero-order valence-electron chi connectivity index (χ0n) is 16.1. The van der Waals surface area contributed by atoms with Gasteiger partial charge < -0.3 is 10.6 Å². The second-order valence-corrected chi connectivity index (χ2v) is 7.52. The first-order valence-electron chi connectivity index (χ1n) is 9.87. The first-order chi connectivity index (χ1) is 14.1. The maximum atomic E-state index is 12.8. The van der Waals surface area contributed by atoms with E-state index in [2.05, 4.69) is 33.0 Å². The van der Waals surface area contributed by atoms with Crippen LogP contribution in [0.3, 0.4) is 0 Å². The van der Waals surface area contributed by atoms with Crippen molar-refractivity contribution in [2.45, 2.75) is 37.9 Å². The molecule has 7 nitrogen and oxygen atoms in total. The van der Waals surface area contributed by atoms with Crippen LogP contribution in [0.2, 0.25) is 0 Å². The molecule has 29 heavy (non-hydrogen) atoms. The highest BCUT2D eigenvalue weighted by Crippen LogP contribution is 2.22. The Morgan fingerprint density at radius 1 is 1.03 bits per heavy atom. The lowest BCUT2D eigenvalue weighted by molar-refractivity contribution is -0.121. The zero-order chi connectivity index (χ0) is 20.2. The van der Waals surface area contributed by atoms with E-state index in [-0.39, 0.29) is 17.9 Å². The van der Waals surface area contributed by atoms with Crippen molar-refractivity contribution in [2.24, 2.45) is 0 Å². The van der Waals surface area contributed by atoms with Crippen LogP contribution in [0.25, 0.3) is 0 Å². The maximum absolute atomic E-state index is 12.8. The van der Waals surface area contributed by atoms with Gasteiger partial charge in [0.15, 0.2) is 0 Å². The van der Waals surface area contributed by atoms with Crippen molar-refractivity contribution in [3.05, 3.63) is 65.7 Å². The van der Waals surface area contributed by atoms with Crippen molar-refractivity contribution in [2.75, 3.05) is 11.9 Å². The fourth-order valence-electron chi connectivity index (χ4n) is 3.92. The normalized spacial score (nSPS) is 21.7. The molecule has 4 amide bonds. The average Bonchev–Trinajstić information content (AvgIpc) is 3.30. The lowest BCUT2D eigenvalue weighted by atomic mass is 10.1. The van der Waals surface area contributed by atoms with E-state index in [9.17, 15) is 14.4 Å². The van der Waals surface area contributed by atoms with Gasteiger partial charge in [-0.2, -0.15) is 0 Å². The van der Waals surface area contributed by atoms with Gasteiger partial charge in [-0.25, -0.2) is 4.79 Å². The molecule has 7 heteroatoms. The van der Waals surface area contributed by atoms with E-state index in [0.717, 1.165) is 37.2 Å². The van der Waals surface area contributed by atoms with Crippen LogP contribution in [-0.4, -0.2) is 41.4 Å². The number of nitrogens with zero attached hydrogens (tertiary/aromatic N) is 1. The molecule has 2 aliphatic rings. The van der Waals surface area contributed by atoms with Gasteiger partial charge in [-0.05, 0) is 42.6 Å². The van der Waals surface area contributed by atoms with Gasteiger partial charge in [0.2, 0.25) is 5.91 Å². The molecule has 2 aliphatic heterocycles. The third-order valence-electron chi connectivity index (χ3n) is 5.41. The molecule has 0 aliphatic carbocycles. The quantitative estimate of drug-likeness (QED) is 0.656. The lowest BCUT2D eigenvalue weighted by Gasteiger charge is -2.23. The number of urea groups is 1. The summed E-state index contributed by atoms with van der Waals surface area (Å²) in [6.45, 7) is 1.69. The molecule has 0 bridgehead atoms. The molecule has 2 aromatic rings. The Balaban J connectivity index is 1.34. The molecule has 2 saturated heterocycles. The molecule has 0 saturated carbocycles. The molecule has 2 unspecified atom stereocenters. The summed E-state index contributed by atoms with van der Waals surface area (Å²) in [4.78, 5) is 37.9. The van der Waals surface area contributed by atoms with E-state index >= 15 is 0 Å². The molecule has 2 fully saturated rings. The second-order valence-electron chi connectivity index (χ2n) is 7.52. The second kappa shape index (κ2) is 8.45. The number of hydrogen-bond acceptors (Lipinski definition) is 4. The van der Waals surface area contributed by atoms with Crippen molar-refractivity contribution in [3.8, 4) is 0 Å². The number of carbonyl (C=O) groups excluding carboxylic acids is 3. The molecular formula is C22H24N4O3. The van der Waals surface area contributed by atoms with Crippen molar-refractivity contribution in [1.82, 2.24) is 15.5 Å². The third-order valence-corrected chi connectivity index (χ3v) is 5.41. The van der Waals surface area contributed by atoms with Crippen LogP contribution in [-0.2, 0) is 22.6 Å². The van der Waals surface area contributed by atoms with Gasteiger partial charge in [0, 0.05) is 18.7 Å². The summed E-state index contributed by atoms with van der Waals surface area (Å²) in [6, 6.07) is 16.4. The molecule has 2 heterocycles. The maximum Gasteiger partial charge on any atom is 0.322 e. The summed E-state index contributed by atoms with van der Waals surface area (Å²) in [6.07, 6.45) is 2.28. The highest BCUT2D eigenvalue weighted by atomic mass is 16.2. The Labute approximate surface area is 169 Å². The van der Waals surface area contributed by atoms with E-state index < -0.39 is 12.1 Å². The van der Waals surface area contributed by atoms with E-state index in [1.807, 2.05) is 42.5 Å². The summed E-state index contributed by atoms with van der Waals surface area (Å²) >= 11 is 0. The fourth-order valence-corrected chi connectivity index (χ4v) is 3.92. The van der Waals surface area contributed by atoms with Crippen LogP contribution in [0.1, 0.15) is 24.0 Å². The van der Waals surface area contributed by atoms with Crippen molar-refractivity contribution in [3.63, 3.8) is 0 Å². The smallest absolute Gasteiger partial charge is 0.322 e. The zero-order valence-corrected chi connectivity index (χ0v) is 16.1. The summed E-state index contributed by atoms with van der Waals surface area (Å²) < 4.78 is 0. The SMILES string of the molecule is O=C1NC(=O)C(Cc2ccc(NC(=O)C3CCCN3Cc3ccccc3)cc2)N1. The van der Waals surface area contributed by atoms with Gasteiger partial charge >= 0.3 is 6.03 Å². The van der Waals surface area contributed by atoms with Crippen molar-refractivity contribution >= 4 is 23.5 Å². The minimum atomic E-state index is -0.548. The number of rotatable bonds is 6. The highest BCUT2D eigenvalue weighted by molar-refractivity contribution is 6.04. The largest absolute Gasteiger partial charge is 0.326 e. The number of carbonyl (C=O) groups is 3. The van der Waals surface area contributed by atoms with Crippen molar-refractivity contribution in [1.29, 1.82) is 0 Å². The summed E-state index contributed by atoms with van der Waals surface area (Å²) in [5.41, 5.74) is 2.85. The van der Waals surface area contributed by atoms with Gasteiger partial charge in [0.1, 0.15) is 6.04 Å². The molecule has 150 valence electrons. The van der Waals surface area contributed by atoms with Crippen LogP contribution < -0.4 is 16.0 Å². The Hall–Kier alpha value is -3.19. The minimum absolute atomic E-state index is 0.00798. The first kappa shape index (κ1) is 19.1. The minimum Gasteiger partial charge on any atom is -0.326 e. The molecule has 0 spiro atoms. The predicted octanol–water partition coefficient (Wildman–Crippen LogP) is 2.04. The number of amides is 4. The standard InChI is InChI=1S/C22H24N4O3/c27-20-18(24-22(29)25-20)13-15-8-10-17(11-9-15)23-21(28)19-7-4-12-26(19)14-16-5-2-1-3-6-16/h1-3,5-6,8-11,18-19H,4,7,12-14H2,(H,23,28)(H2,24,25,27,29). The van der Waals surface area contributed by atoms with Crippen LogP contribution in [0.4, 0.5) is 10.5 Å². The average molecular weight is 392 g/mol. The van der Waals surface area contributed by atoms with Gasteiger partial charge in [0.05, 0.1) is 6.04 Å². The number of imide groups is 1. The highest BCUT2D eigenvalue weighted by Gasteiger charge is 2.31. The Morgan fingerprint density at radius 2 is 1.79 bits per heavy atom. The van der Waals surface area contributed by atoms with Crippen molar-refractivity contribution < 1.29 is 14.4 Å². The van der Waals surface area contributed by atoms with Gasteiger partial charge in [-0.15, -0.1) is 0 Å². The van der Waals surface area contributed by atoms with Crippen LogP contribution in [0.15, 0.2) is 54.6 Å². The Bertz CT molecular complexity index is 898. The molecule has 2 aromatic carbocycles. The van der Waals surface area contributed by atoms with E-state index in [1.165, 1.54) is 5.56 Å². The molecule has 4 rings (SSSR count). The predicted molar refractivity (Wildman–Crippen MR) is 109 cm³/mol. The Morgan fingerprint density at radius 3 is 2.48 bits per heavy atom. The molecule has 3 N–H and O–H groups in total. The topological polar surface area (TPSA) is 90.5 Å². The first-order valence-corrected chi connectivity index (χ1v) is 9.87. The number of benzene rings is 2. The van der Waals surface area contributed by atoms with E-state index in [0.29, 0.717) is 6.42 Å². The fraction of sp³-hybridized carbons (Fsp3) is 0.318. The summed E-state index contributed by atoms with van der Waals surface area (Å²) in [5, 5.41) is 7.82. The monoisotopic (exact) mass is 392 g/mol. The molecule has 2 atom stereocenters. The van der Waals surface area contributed by atoms with Gasteiger partial charge in [-0.1, -0.05) is 42.5 Å². The third kappa shape index (κ3) is 4.63. The summed E-state index contributed by atoms with van der Waals surface area (Å²) in [7, 11) is 0. The van der Waals surface area contributed by atoms with Gasteiger partial charge in [-0.3, -0.25) is 19.8 Å². The number of anilines is 1. The van der Waals surface area contributed by atoms with Gasteiger partial charge in [0.25, 0.3) is 5.91 Å². The molecule has 0 aromatic heterocycles. The number of likely N-dealkylation sites (tertiary alicyclic amines) is 1. The Kier molecular flexibility index (Phi) is 5.57. The summed E-state index contributed by atoms with van der Waals surface area (Å²) in [5.74, 6) is -0.305. The van der Waals surface area contributed by atoms with Crippen LogP contribution >= 0.6 is 0 Å². The van der Waals surface area contributed by atoms with E-state index in [1.54, 1.807) is 0 Å². The molecule has 0 radical (unpaired) electrons.